The summed E-state index contributed by atoms with van der Waals surface area (Å²) in [5.41, 5.74) is 0.313. The van der Waals surface area contributed by atoms with E-state index in [1.165, 1.54) is 25.7 Å². The van der Waals surface area contributed by atoms with Crippen LogP contribution in [-0.4, -0.2) is 62.3 Å². The van der Waals surface area contributed by atoms with Gasteiger partial charge in [0.05, 0.1) is 18.6 Å². The molecular weight excluding hydrogens is 330 g/mol. The highest BCUT2D eigenvalue weighted by Gasteiger charge is 2.65. The van der Waals surface area contributed by atoms with Crippen molar-refractivity contribution in [3.05, 3.63) is 0 Å². The van der Waals surface area contributed by atoms with E-state index >= 15 is 0 Å². The highest BCUT2D eigenvalue weighted by atomic mass is 16.5. The van der Waals surface area contributed by atoms with Crippen LogP contribution in [0.4, 0.5) is 0 Å². The smallest absolute Gasteiger partial charge is 0.310 e. The number of hydrogen-bond donors (Lipinski definition) is 1. The molecule has 2 saturated carbocycles. The summed E-state index contributed by atoms with van der Waals surface area (Å²) in [5.74, 6) is 1.48. The lowest BCUT2D eigenvalue weighted by atomic mass is 9.54. The Morgan fingerprint density at radius 1 is 1.31 bits per heavy atom. The predicted molar refractivity (Wildman–Crippen MR) is 100.0 cm³/mol. The van der Waals surface area contributed by atoms with Gasteiger partial charge in [0.15, 0.2) is 5.96 Å². The van der Waals surface area contributed by atoms with E-state index < -0.39 is 0 Å². The molecule has 4 aliphatic rings. The summed E-state index contributed by atoms with van der Waals surface area (Å²) in [6, 6.07) is 0.471. The number of ether oxygens (including phenoxy) is 2. The number of hydrogen-bond acceptors (Lipinski definition) is 4. The van der Waals surface area contributed by atoms with Gasteiger partial charge in [0.25, 0.3) is 0 Å². The van der Waals surface area contributed by atoms with Crippen LogP contribution in [0.3, 0.4) is 0 Å². The van der Waals surface area contributed by atoms with Crippen molar-refractivity contribution in [2.75, 3.05) is 33.4 Å². The molecular formula is C20H33N3O3. The summed E-state index contributed by atoms with van der Waals surface area (Å²) in [6.45, 7) is 4.90. The fourth-order valence-electron chi connectivity index (χ4n) is 5.96. The number of carbonyl (C=O) groups is 1. The molecule has 0 bridgehead atoms. The van der Waals surface area contributed by atoms with E-state index in [0.717, 1.165) is 38.4 Å². The molecule has 2 aliphatic heterocycles. The lowest BCUT2D eigenvalue weighted by Gasteiger charge is -2.57. The van der Waals surface area contributed by atoms with Crippen LogP contribution in [0.2, 0.25) is 0 Å². The Labute approximate surface area is 156 Å². The van der Waals surface area contributed by atoms with Crippen LogP contribution in [0.25, 0.3) is 0 Å². The number of carbonyl (C=O) groups excluding carboxylic acids is 1. The van der Waals surface area contributed by atoms with Crippen LogP contribution in [0.1, 0.15) is 51.9 Å². The SMILES string of the molecule is CCOC(=O)C1CCCN(C(=NC)NC2C3CCOC3C23CCCC3)C1. The van der Waals surface area contributed by atoms with E-state index in [1.807, 2.05) is 14.0 Å². The van der Waals surface area contributed by atoms with Crippen molar-refractivity contribution in [3.63, 3.8) is 0 Å². The molecule has 2 aliphatic carbocycles. The monoisotopic (exact) mass is 363 g/mol. The number of nitrogens with zero attached hydrogens (tertiary/aromatic N) is 2. The fourth-order valence-corrected chi connectivity index (χ4v) is 5.96. The molecule has 0 amide bonds. The van der Waals surface area contributed by atoms with E-state index in [4.69, 9.17) is 9.47 Å². The maximum Gasteiger partial charge on any atom is 0.310 e. The number of esters is 1. The third-order valence-corrected chi connectivity index (χ3v) is 7.12. The zero-order valence-corrected chi connectivity index (χ0v) is 16.2. The maximum atomic E-state index is 12.2. The quantitative estimate of drug-likeness (QED) is 0.473. The van der Waals surface area contributed by atoms with Crippen molar-refractivity contribution in [1.82, 2.24) is 10.2 Å². The van der Waals surface area contributed by atoms with Crippen molar-refractivity contribution < 1.29 is 14.3 Å². The van der Waals surface area contributed by atoms with Crippen LogP contribution in [0.15, 0.2) is 4.99 Å². The molecule has 4 fully saturated rings. The fraction of sp³-hybridized carbons (Fsp3) is 0.900. The van der Waals surface area contributed by atoms with Crippen LogP contribution < -0.4 is 5.32 Å². The molecule has 4 rings (SSSR count). The number of piperidine rings is 1. The van der Waals surface area contributed by atoms with Gasteiger partial charge < -0.3 is 19.7 Å². The molecule has 4 unspecified atom stereocenters. The van der Waals surface area contributed by atoms with Gasteiger partial charge in [0, 0.05) is 44.1 Å². The second-order valence-electron chi connectivity index (χ2n) is 8.39. The summed E-state index contributed by atoms with van der Waals surface area (Å²) in [6.07, 6.45) is 8.72. The first-order chi connectivity index (χ1) is 12.7. The van der Waals surface area contributed by atoms with Crippen LogP contribution in [0, 0.1) is 17.3 Å². The van der Waals surface area contributed by atoms with E-state index in [2.05, 4.69) is 15.2 Å². The van der Waals surface area contributed by atoms with Gasteiger partial charge in [0.1, 0.15) is 0 Å². The van der Waals surface area contributed by atoms with Crippen molar-refractivity contribution in [2.24, 2.45) is 22.2 Å². The molecule has 6 nitrogen and oxygen atoms in total. The number of guanidine groups is 1. The Kier molecular flexibility index (Phi) is 5.13. The molecule has 0 aromatic carbocycles. The van der Waals surface area contributed by atoms with Gasteiger partial charge in [-0.3, -0.25) is 9.79 Å². The summed E-state index contributed by atoms with van der Waals surface area (Å²) >= 11 is 0. The third-order valence-electron chi connectivity index (χ3n) is 7.12. The largest absolute Gasteiger partial charge is 0.466 e. The number of fused-ring (bicyclic) bond motifs is 2. The lowest BCUT2D eigenvalue weighted by molar-refractivity contribution is -0.149. The first kappa shape index (κ1) is 18.1. The average Bonchev–Trinajstić information content (AvgIpc) is 3.31. The maximum absolute atomic E-state index is 12.2. The van der Waals surface area contributed by atoms with Gasteiger partial charge in [-0.2, -0.15) is 0 Å². The topological polar surface area (TPSA) is 63.2 Å². The molecule has 6 heteroatoms. The van der Waals surface area contributed by atoms with Gasteiger partial charge in [0.2, 0.25) is 0 Å². The molecule has 1 N–H and O–H groups in total. The predicted octanol–water partition coefficient (Wildman–Crippen LogP) is 2.18. The van der Waals surface area contributed by atoms with E-state index in [-0.39, 0.29) is 11.9 Å². The number of rotatable bonds is 3. The van der Waals surface area contributed by atoms with E-state index in [1.54, 1.807) is 0 Å². The highest BCUT2D eigenvalue weighted by Crippen LogP contribution is 2.60. The molecule has 0 radical (unpaired) electrons. The minimum Gasteiger partial charge on any atom is -0.466 e. The second kappa shape index (κ2) is 7.37. The van der Waals surface area contributed by atoms with E-state index in [0.29, 0.717) is 36.6 Å². The van der Waals surface area contributed by atoms with Crippen molar-refractivity contribution in [2.45, 2.75) is 64.0 Å². The average molecular weight is 364 g/mol. The zero-order valence-electron chi connectivity index (χ0n) is 16.2. The van der Waals surface area contributed by atoms with Crippen molar-refractivity contribution >= 4 is 11.9 Å². The highest BCUT2D eigenvalue weighted by molar-refractivity contribution is 5.82. The minimum absolute atomic E-state index is 0.0355. The Hall–Kier alpha value is -1.30. The van der Waals surface area contributed by atoms with Crippen LogP contribution in [-0.2, 0) is 14.3 Å². The minimum atomic E-state index is -0.0622. The Bertz CT molecular complexity index is 559. The molecule has 0 aromatic rings. The summed E-state index contributed by atoms with van der Waals surface area (Å²) < 4.78 is 11.3. The molecule has 1 spiro atoms. The van der Waals surface area contributed by atoms with Gasteiger partial charge >= 0.3 is 5.97 Å². The molecule has 4 atom stereocenters. The summed E-state index contributed by atoms with van der Waals surface area (Å²) in [5, 5.41) is 3.81. The first-order valence-electron chi connectivity index (χ1n) is 10.5. The van der Waals surface area contributed by atoms with Crippen molar-refractivity contribution in [3.8, 4) is 0 Å². The molecule has 2 saturated heterocycles. The second-order valence-corrected chi connectivity index (χ2v) is 8.39. The normalized spacial score (nSPS) is 35.9. The number of aliphatic imine (C=N–C) groups is 1. The van der Waals surface area contributed by atoms with Crippen molar-refractivity contribution in [1.29, 1.82) is 0 Å². The summed E-state index contributed by atoms with van der Waals surface area (Å²) in [4.78, 5) is 19.0. The van der Waals surface area contributed by atoms with Gasteiger partial charge in [-0.1, -0.05) is 12.8 Å². The molecule has 26 heavy (non-hydrogen) atoms. The molecule has 146 valence electrons. The Morgan fingerprint density at radius 3 is 2.85 bits per heavy atom. The van der Waals surface area contributed by atoms with Gasteiger partial charge in [-0.15, -0.1) is 0 Å². The van der Waals surface area contributed by atoms with Gasteiger partial charge in [-0.25, -0.2) is 0 Å². The van der Waals surface area contributed by atoms with Gasteiger partial charge in [-0.05, 0) is 39.0 Å². The lowest BCUT2D eigenvalue weighted by Crippen LogP contribution is -2.69. The number of nitrogens with one attached hydrogen (secondary N) is 1. The first-order valence-corrected chi connectivity index (χ1v) is 10.5. The standard InChI is InChI=1S/C20H33N3O3/c1-3-25-18(24)14-7-6-11-23(13-14)19(21-2)22-16-15-8-12-26-17(15)20(16)9-4-5-10-20/h14-17H,3-13H2,1-2H3,(H,21,22). The molecule has 0 aromatic heterocycles. The molecule has 2 heterocycles. The zero-order chi connectivity index (χ0) is 18.1. The third kappa shape index (κ3) is 2.90. The Balaban J connectivity index is 1.43. The Morgan fingerprint density at radius 2 is 2.12 bits per heavy atom. The van der Waals surface area contributed by atoms with E-state index in [9.17, 15) is 4.79 Å². The van der Waals surface area contributed by atoms with Crippen LogP contribution in [0.5, 0.6) is 0 Å². The summed E-state index contributed by atoms with van der Waals surface area (Å²) in [7, 11) is 1.86. The van der Waals surface area contributed by atoms with Crippen LogP contribution >= 0.6 is 0 Å². The number of likely N-dealkylation sites (tertiary alicyclic amines) is 1.